The average molecular weight is 309 g/mol. The van der Waals surface area contributed by atoms with Crippen molar-refractivity contribution in [2.45, 2.75) is 45.1 Å². The van der Waals surface area contributed by atoms with Gasteiger partial charge in [0.15, 0.2) is 5.17 Å². The van der Waals surface area contributed by atoms with E-state index in [1.165, 1.54) is 24.6 Å². The first-order chi connectivity index (χ1) is 10.3. The number of thioether (sulfide) groups is 1. The number of hydrogen-bond donors (Lipinski definition) is 1. The van der Waals surface area contributed by atoms with Crippen LogP contribution < -0.4 is 5.32 Å². The molecule has 1 amide bonds. The molecular weight excluding hydrogens is 286 g/mol. The Labute approximate surface area is 130 Å². The fourth-order valence-electron chi connectivity index (χ4n) is 2.97. The van der Waals surface area contributed by atoms with E-state index in [1.54, 1.807) is 0 Å². The molecule has 0 unspecified atom stereocenters. The lowest BCUT2D eigenvalue weighted by Crippen LogP contribution is -2.26. The summed E-state index contributed by atoms with van der Waals surface area (Å²) in [6.45, 7) is 5.43. The molecule has 21 heavy (non-hydrogen) atoms. The van der Waals surface area contributed by atoms with Gasteiger partial charge in [-0.3, -0.25) is 9.79 Å². The summed E-state index contributed by atoms with van der Waals surface area (Å²) in [5.74, 6) is 0.0479. The number of carbonyl (C=O) groups excluding carboxylic acids is 1. The Morgan fingerprint density at radius 3 is 3.19 bits per heavy atom. The van der Waals surface area contributed by atoms with Crippen molar-refractivity contribution < 1.29 is 9.53 Å². The molecule has 0 aromatic carbocycles. The smallest absolute Gasteiger partial charge is 0.259 e. The van der Waals surface area contributed by atoms with E-state index in [0.717, 1.165) is 61.3 Å². The summed E-state index contributed by atoms with van der Waals surface area (Å²) >= 11 is 1.51. The summed E-state index contributed by atoms with van der Waals surface area (Å²) in [7, 11) is 0. The highest BCUT2D eigenvalue weighted by molar-refractivity contribution is 8.18. The second-order valence-corrected chi connectivity index (χ2v) is 6.70. The van der Waals surface area contributed by atoms with Crippen LogP contribution in [-0.4, -0.2) is 48.3 Å². The number of nitrogens with zero attached hydrogens (tertiary/aromatic N) is 2. The van der Waals surface area contributed by atoms with E-state index < -0.39 is 0 Å². The number of amides is 1. The lowest BCUT2D eigenvalue weighted by molar-refractivity contribution is -0.116. The van der Waals surface area contributed by atoms with Crippen LogP contribution in [0.5, 0.6) is 0 Å². The van der Waals surface area contributed by atoms with E-state index in [4.69, 9.17) is 4.74 Å². The highest BCUT2D eigenvalue weighted by Crippen LogP contribution is 2.36. The third-order valence-corrected chi connectivity index (χ3v) is 5.41. The molecule has 0 aliphatic carbocycles. The number of ether oxygens (including phenoxy) is 1. The van der Waals surface area contributed by atoms with Gasteiger partial charge in [0, 0.05) is 25.4 Å². The number of unbranched alkanes of at least 4 members (excludes halogenated alkanes) is 1. The summed E-state index contributed by atoms with van der Waals surface area (Å²) in [5.41, 5.74) is 1.05. The van der Waals surface area contributed by atoms with Gasteiger partial charge in [0.05, 0.1) is 17.6 Å². The highest BCUT2D eigenvalue weighted by Gasteiger charge is 2.32. The Bertz CT molecular complexity index is 470. The van der Waals surface area contributed by atoms with Crippen LogP contribution in [0, 0.1) is 0 Å². The van der Waals surface area contributed by atoms with Crippen molar-refractivity contribution in [2.24, 2.45) is 4.99 Å². The first-order valence-corrected chi connectivity index (χ1v) is 8.68. The van der Waals surface area contributed by atoms with Crippen molar-refractivity contribution in [1.82, 2.24) is 10.2 Å². The third-order valence-electron chi connectivity index (χ3n) is 4.20. The molecule has 1 saturated heterocycles. The highest BCUT2D eigenvalue weighted by atomic mass is 32.2. The van der Waals surface area contributed by atoms with Gasteiger partial charge in [-0.25, -0.2) is 0 Å². The number of allylic oxidation sites excluding steroid dienone is 1. The molecule has 116 valence electrons. The van der Waals surface area contributed by atoms with Crippen molar-refractivity contribution >= 4 is 22.8 Å². The molecule has 6 heteroatoms. The molecule has 0 aromatic rings. The largest absolute Gasteiger partial charge is 0.378 e. The van der Waals surface area contributed by atoms with Crippen molar-refractivity contribution in [1.29, 1.82) is 0 Å². The zero-order valence-corrected chi connectivity index (χ0v) is 13.4. The summed E-state index contributed by atoms with van der Waals surface area (Å²) < 4.78 is 5.60. The van der Waals surface area contributed by atoms with Crippen LogP contribution in [0.1, 0.15) is 39.0 Å². The van der Waals surface area contributed by atoms with E-state index in [9.17, 15) is 4.79 Å². The molecule has 0 aromatic heterocycles. The van der Waals surface area contributed by atoms with Crippen LogP contribution in [0.25, 0.3) is 0 Å². The van der Waals surface area contributed by atoms with Crippen molar-refractivity contribution in [3.8, 4) is 0 Å². The molecule has 3 aliphatic rings. The molecule has 0 bridgehead atoms. The third kappa shape index (κ3) is 3.43. The summed E-state index contributed by atoms with van der Waals surface area (Å²) in [6.07, 6.45) is 6.12. The lowest BCUT2D eigenvalue weighted by atomic mass is 10.1. The Balaban J connectivity index is 1.36. The monoisotopic (exact) mass is 309 g/mol. The van der Waals surface area contributed by atoms with Crippen LogP contribution in [0.4, 0.5) is 0 Å². The molecular formula is C15H23N3O2S. The van der Waals surface area contributed by atoms with Gasteiger partial charge in [0.2, 0.25) is 0 Å². The molecule has 0 saturated carbocycles. The van der Waals surface area contributed by atoms with Crippen LogP contribution in [-0.2, 0) is 9.53 Å². The Morgan fingerprint density at radius 2 is 2.43 bits per heavy atom. The molecule has 3 heterocycles. The Kier molecular flexibility index (Phi) is 4.85. The van der Waals surface area contributed by atoms with Crippen LogP contribution in [0.3, 0.4) is 0 Å². The maximum atomic E-state index is 12.2. The number of carbonyl (C=O) groups is 1. The van der Waals surface area contributed by atoms with Gasteiger partial charge >= 0.3 is 0 Å². The molecule has 5 nitrogen and oxygen atoms in total. The second-order valence-electron chi connectivity index (χ2n) is 5.72. The number of fused-ring (bicyclic) bond motifs is 1. The summed E-state index contributed by atoms with van der Waals surface area (Å²) in [6, 6.07) is 0. The van der Waals surface area contributed by atoms with Crippen LogP contribution >= 0.6 is 11.8 Å². The van der Waals surface area contributed by atoms with Gasteiger partial charge in [0.1, 0.15) is 0 Å². The van der Waals surface area contributed by atoms with E-state index in [2.05, 4.69) is 15.2 Å². The lowest BCUT2D eigenvalue weighted by Gasteiger charge is -2.12. The van der Waals surface area contributed by atoms with Gasteiger partial charge in [-0.15, -0.1) is 0 Å². The molecule has 3 aliphatic heterocycles. The van der Waals surface area contributed by atoms with E-state index >= 15 is 0 Å². The number of nitrogens with one attached hydrogen (secondary N) is 1. The number of aliphatic imine (C=N–C) groups is 1. The molecule has 1 fully saturated rings. The molecule has 3 rings (SSSR count). The maximum absolute atomic E-state index is 12.2. The predicted octanol–water partition coefficient (Wildman–Crippen LogP) is 2.10. The fraction of sp³-hybridized carbons (Fsp3) is 0.733. The maximum Gasteiger partial charge on any atom is 0.259 e. The second kappa shape index (κ2) is 6.83. The average Bonchev–Trinajstić information content (AvgIpc) is 3.18. The fourth-order valence-corrected chi connectivity index (χ4v) is 4.07. The molecule has 0 radical (unpaired) electrons. The van der Waals surface area contributed by atoms with E-state index in [-0.39, 0.29) is 5.91 Å². The quantitative estimate of drug-likeness (QED) is 0.764. The normalized spacial score (nSPS) is 24.5. The summed E-state index contributed by atoms with van der Waals surface area (Å²) in [4.78, 5) is 19.6. The zero-order valence-electron chi connectivity index (χ0n) is 12.6. The predicted molar refractivity (Wildman–Crippen MR) is 85.1 cm³/mol. The van der Waals surface area contributed by atoms with Crippen molar-refractivity contribution in [2.75, 3.05) is 26.2 Å². The van der Waals surface area contributed by atoms with Crippen molar-refractivity contribution in [3.05, 3.63) is 10.6 Å². The van der Waals surface area contributed by atoms with Crippen LogP contribution in [0.2, 0.25) is 0 Å². The SMILES string of the molecule is CC1=C(C(=O)NCCCC[C@H]2CCCO2)SC2=NCCN21. The standard InChI is InChI=1S/C15H23N3O2S/c1-11-13(21-15-17-8-9-18(11)15)14(19)16-7-3-2-5-12-6-4-10-20-12/h12H,2-10H2,1H3,(H,16,19)/t12-/m0/s1. The topological polar surface area (TPSA) is 53.9 Å². The van der Waals surface area contributed by atoms with E-state index in [0.29, 0.717) is 6.10 Å². The minimum atomic E-state index is 0.0479. The van der Waals surface area contributed by atoms with Gasteiger partial charge in [-0.05, 0) is 50.8 Å². The molecule has 1 N–H and O–H groups in total. The van der Waals surface area contributed by atoms with Gasteiger partial charge in [0.25, 0.3) is 5.91 Å². The first-order valence-electron chi connectivity index (χ1n) is 7.86. The van der Waals surface area contributed by atoms with Crippen LogP contribution in [0.15, 0.2) is 15.6 Å². The molecule has 0 spiro atoms. The minimum absolute atomic E-state index is 0.0479. The first kappa shape index (κ1) is 14.9. The molecule has 1 atom stereocenters. The van der Waals surface area contributed by atoms with Crippen molar-refractivity contribution in [3.63, 3.8) is 0 Å². The number of hydrogen-bond acceptors (Lipinski definition) is 5. The van der Waals surface area contributed by atoms with Gasteiger partial charge in [-0.1, -0.05) is 0 Å². The minimum Gasteiger partial charge on any atom is -0.378 e. The van der Waals surface area contributed by atoms with Gasteiger partial charge < -0.3 is 15.0 Å². The zero-order chi connectivity index (χ0) is 14.7. The Morgan fingerprint density at radius 1 is 1.52 bits per heavy atom. The number of amidine groups is 1. The summed E-state index contributed by atoms with van der Waals surface area (Å²) in [5, 5.41) is 4.01. The van der Waals surface area contributed by atoms with E-state index in [1.807, 2.05) is 6.92 Å². The Hall–Kier alpha value is -1.01. The number of rotatable bonds is 6. The van der Waals surface area contributed by atoms with Gasteiger partial charge in [-0.2, -0.15) is 0 Å².